The number of hydrogen-bond donors (Lipinski definition) is 0. The third-order valence-electron chi connectivity index (χ3n) is 1.37. The zero-order valence-electron chi connectivity index (χ0n) is 8.52. The smallest absolute Gasteiger partial charge is 0.253 e. The Hall–Kier alpha value is -0.410. The quantitative estimate of drug-likeness (QED) is 0.678. The lowest BCUT2D eigenvalue weighted by atomic mass is 11.5. The van der Waals surface area contributed by atoms with Gasteiger partial charge in [0.05, 0.1) is 0 Å². The minimum absolute atomic E-state index is 0.352. The van der Waals surface area contributed by atoms with Crippen LogP contribution < -0.4 is 0 Å². The highest BCUT2D eigenvalue weighted by atomic mass is 32.3. The topological polar surface area (TPSA) is 94.6 Å². The van der Waals surface area contributed by atoms with Crippen molar-refractivity contribution in [2.75, 3.05) is 6.26 Å². The van der Waals surface area contributed by atoms with Gasteiger partial charge in [0.15, 0.2) is 11.1 Å². The molecule has 0 aromatic rings. The van der Waals surface area contributed by atoms with E-state index in [4.69, 9.17) is 0 Å². The lowest BCUT2D eigenvalue weighted by molar-refractivity contribution is -0.0501. The van der Waals surface area contributed by atoms with Crippen molar-refractivity contribution in [2.45, 2.75) is 15.8 Å². The zero-order valence-corrected chi connectivity index (χ0v) is 11.0. The van der Waals surface area contributed by atoms with Crippen molar-refractivity contribution in [3.8, 4) is 0 Å². The molecule has 6 nitrogen and oxygen atoms in total. The van der Waals surface area contributed by atoms with Gasteiger partial charge in [0.1, 0.15) is 0 Å². The van der Waals surface area contributed by atoms with Crippen LogP contribution in [0.15, 0.2) is 0 Å². The summed E-state index contributed by atoms with van der Waals surface area (Å²) in [6.07, 6.45) is 0.352. The average molecular weight is 358 g/mol. The SMILES string of the molecule is CS(=O)OC(S(=O)(=O)C(F)(F)F)S(=O)(=O)C(F)(F)F. The van der Waals surface area contributed by atoms with Crippen molar-refractivity contribution < 1.29 is 51.6 Å². The molecule has 0 heterocycles. The highest BCUT2D eigenvalue weighted by molar-refractivity contribution is 8.10. The molecule has 1 unspecified atom stereocenters. The van der Waals surface area contributed by atoms with Crippen LogP contribution in [-0.2, 0) is 34.9 Å². The lowest BCUT2D eigenvalue weighted by Crippen LogP contribution is -2.46. The van der Waals surface area contributed by atoms with Gasteiger partial charge in [-0.2, -0.15) is 26.3 Å². The molecule has 0 aliphatic heterocycles. The van der Waals surface area contributed by atoms with Gasteiger partial charge in [-0.3, -0.25) is 4.18 Å². The van der Waals surface area contributed by atoms with Crippen LogP contribution in [0.25, 0.3) is 0 Å². The first kappa shape index (κ1) is 18.6. The van der Waals surface area contributed by atoms with E-state index in [2.05, 4.69) is 4.18 Å². The van der Waals surface area contributed by atoms with Gasteiger partial charge in [-0.05, 0) is 0 Å². The predicted octanol–water partition coefficient (Wildman–Crippen LogP) is 0.449. The summed E-state index contributed by atoms with van der Waals surface area (Å²) >= 11 is -3.02. The summed E-state index contributed by atoms with van der Waals surface area (Å²) in [4.78, 5) is 0. The van der Waals surface area contributed by atoms with Gasteiger partial charge < -0.3 is 0 Å². The number of alkyl halides is 6. The molecule has 116 valence electrons. The van der Waals surface area contributed by atoms with Gasteiger partial charge in [-0.1, -0.05) is 0 Å². The van der Waals surface area contributed by atoms with Crippen molar-refractivity contribution in [1.82, 2.24) is 0 Å². The van der Waals surface area contributed by atoms with Crippen LogP contribution in [0.5, 0.6) is 0 Å². The maximum absolute atomic E-state index is 12.1. The van der Waals surface area contributed by atoms with Crippen molar-refractivity contribution in [3.05, 3.63) is 0 Å². The predicted molar refractivity (Wildman–Crippen MR) is 48.9 cm³/mol. The summed E-state index contributed by atoms with van der Waals surface area (Å²) in [5.74, 6) is 0. The third-order valence-corrected chi connectivity index (χ3v) is 6.09. The molecule has 19 heavy (non-hydrogen) atoms. The second-order valence-electron chi connectivity index (χ2n) is 2.77. The standard InChI is InChI=1S/C4H4F6O6S3/c1-17(11)16-2(18(12,13)3(5,6)7)19(14,15)4(8,9)10/h2H,1H3. The third kappa shape index (κ3) is 3.79. The molecular formula is C4H4F6O6S3. The summed E-state index contributed by atoms with van der Waals surface area (Å²) in [6.45, 7) is 0. The Bertz CT molecular complexity index is 511. The first-order valence-corrected chi connectivity index (χ1v) is 8.23. The highest BCUT2D eigenvalue weighted by Gasteiger charge is 2.64. The maximum atomic E-state index is 12.1. The van der Waals surface area contributed by atoms with Crippen LogP contribution in [-0.4, -0.2) is 43.1 Å². The van der Waals surface area contributed by atoms with E-state index in [0.29, 0.717) is 6.26 Å². The fourth-order valence-electron chi connectivity index (χ4n) is 0.599. The average Bonchev–Trinajstić information content (AvgIpc) is 2.09. The second-order valence-corrected chi connectivity index (χ2v) is 8.02. The van der Waals surface area contributed by atoms with Gasteiger partial charge in [0.2, 0.25) is 0 Å². The van der Waals surface area contributed by atoms with Crippen LogP contribution >= 0.6 is 0 Å². The number of rotatable bonds is 4. The number of hydrogen-bond acceptors (Lipinski definition) is 6. The van der Waals surface area contributed by atoms with Crippen LogP contribution in [0.2, 0.25) is 0 Å². The molecule has 0 spiro atoms. The molecule has 0 rings (SSSR count). The van der Waals surface area contributed by atoms with E-state index >= 15 is 0 Å². The Morgan fingerprint density at radius 3 is 1.32 bits per heavy atom. The Labute approximate surface area is 105 Å². The molecule has 1 atom stereocenters. The fourth-order valence-corrected chi connectivity index (χ4v) is 4.74. The molecule has 0 aliphatic rings. The minimum atomic E-state index is -6.90. The van der Waals surface area contributed by atoms with Gasteiger partial charge in [-0.25, -0.2) is 21.0 Å². The van der Waals surface area contributed by atoms with Crippen LogP contribution in [0, 0.1) is 0 Å². The molecule has 0 aromatic carbocycles. The van der Waals surface area contributed by atoms with E-state index in [-0.39, 0.29) is 0 Å². The second kappa shape index (κ2) is 5.17. The van der Waals surface area contributed by atoms with E-state index in [1.807, 2.05) is 0 Å². The number of halogens is 6. The van der Waals surface area contributed by atoms with Gasteiger partial charge in [-0.15, -0.1) is 0 Å². The molecule has 0 bridgehead atoms. The first-order chi connectivity index (χ1) is 8.05. The van der Waals surface area contributed by atoms with E-state index in [0.717, 1.165) is 0 Å². The molecule has 15 heteroatoms. The Morgan fingerprint density at radius 2 is 1.16 bits per heavy atom. The van der Waals surface area contributed by atoms with Gasteiger partial charge in [0, 0.05) is 6.26 Å². The van der Waals surface area contributed by atoms with Crippen molar-refractivity contribution >= 4 is 30.8 Å². The number of sulfone groups is 2. The maximum Gasteiger partial charge on any atom is 0.501 e. The van der Waals surface area contributed by atoms with Crippen molar-refractivity contribution in [3.63, 3.8) is 0 Å². The van der Waals surface area contributed by atoms with Gasteiger partial charge >= 0.3 is 11.0 Å². The molecule has 0 aromatic heterocycles. The van der Waals surface area contributed by atoms with E-state index in [1.165, 1.54) is 0 Å². The monoisotopic (exact) mass is 358 g/mol. The normalized spacial score (nSPS) is 16.6. The summed E-state index contributed by atoms with van der Waals surface area (Å²) in [5, 5.41) is 0. The Kier molecular flexibility index (Phi) is 5.06. The van der Waals surface area contributed by atoms with Crippen LogP contribution in [0.3, 0.4) is 0 Å². The lowest BCUT2D eigenvalue weighted by Gasteiger charge is -2.19. The van der Waals surface area contributed by atoms with Crippen molar-refractivity contribution in [1.29, 1.82) is 0 Å². The van der Waals surface area contributed by atoms with E-state index in [9.17, 15) is 47.4 Å². The molecule has 0 fully saturated rings. The summed E-state index contributed by atoms with van der Waals surface area (Å²) in [5.41, 5.74) is -12.7. The van der Waals surface area contributed by atoms with Crippen LogP contribution in [0.4, 0.5) is 26.3 Å². The van der Waals surface area contributed by atoms with Crippen LogP contribution in [0.1, 0.15) is 0 Å². The van der Waals surface area contributed by atoms with Gasteiger partial charge in [0.25, 0.3) is 24.4 Å². The zero-order chi connectivity index (χ0) is 15.9. The molecule has 0 amide bonds. The summed E-state index contributed by atoms with van der Waals surface area (Å²) in [6, 6.07) is 0. The first-order valence-electron chi connectivity index (χ1n) is 3.66. The fraction of sp³-hybridized carbons (Fsp3) is 1.00. The molecule has 0 N–H and O–H groups in total. The summed E-state index contributed by atoms with van der Waals surface area (Å²) < 4.78 is 125. The molecule has 0 radical (unpaired) electrons. The minimum Gasteiger partial charge on any atom is -0.253 e. The van der Waals surface area contributed by atoms with E-state index in [1.54, 1.807) is 0 Å². The Balaban J connectivity index is 6.12. The van der Waals surface area contributed by atoms with E-state index < -0.39 is 46.5 Å². The van der Waals surface area contributed by atoms with Crippen molar-refractivity contribution in [2.24, 2.45) is 0 Å². The molecular weight excluding hydrogens is 354 g/mol. The summed E-state index contributed by atoms with van der Waals surface area (Å²) in [7, 11) is -13.8. The highest BCUT2D eigenvalue weighted by Crippen LogP contribution is 2.36. The Morgan fingerprint density at radius 1 is 0.895 bits per heavy atom. The largest absolute Gasteiger partial charge is 0.501 e. The molecule has 0 saturated carbocycles. The molecule has 0 saturated heterocycles. The molecule has 0 aliphatic carbocycles.